The van der Waals surface area contributed by atoms with Crippen LogP contribution in [0, 0.1) is 11.8 Å². The lowest BCUT2D eigenvalue weighted by atomic mass is 9.94. The quantitative estimate of drug-likeness (QED) is 0.757. The summed E-state index contributed by atoms with van der Waals surface area (Å²) in [5.41, 5.74) is 3.52. The summed E-state index contributed by atoms with van der Waals surface area (Å²) in [5, 5.41) is 3.34. The maximum absolute atomic E-state index is 13.4. The second-order valence-electron chi connectivity index (χ2n) is 9.10. The zero-order chi connectivity index (χ0) is 22.3. The largest absolute Gasteiger partial charge is 0.341 e. The maximum Gasteiger partial charge on any atom is 0.227 e. The molecule has 2 aliphatic heterocycles. The highest BCUT2D eigenvalue weighted by Crippen LogP contribution is 2.24. The summed E-state index contributed by atoms with van der Waals surface area (Å²) in [6.07, 6.45) is 3.40. The monoisotopic (exact) mass is 433 g/mol. The standard InChI is InChI=1S/C27H35N3O2/c1-2-16-29-17-18-30(26(31)24-12-14-28-15-13-24)20-25(27(29)32)19-21-8-10-23(11-9-21)22-6-4-3-5-7-22/h3-11,24-25,28H,2,12-20H2,1H3. The Morgan fingerprint density at radius 2 is 1.66 bits per heavy atom. The molecule has 4 rings (SSSR count). The van der Waals surface area contributed by atoms with Crippen LogP contribution in [0.2, 0.25) is 0 Å². The smallest absolute Gasteiger partial charge is 0.227 e. The molecule has 5 nitrogen and oxygen atoms in total. The van der Waals surface area contributed by atoms with E-state index in [2.05, 4.69) is 48.6 Å². The van der Waals surface area contributed by atoms with Gasteiger partial charge in [0, 0.05) is 32.1 Å². The van der Waals surface area contributed by atoms with Crippen LogP contribution in [-0.4, -0.2) is 60.9 Å². The number of hydrogen-bond acceptors (Lipinski definition) is 3. The molecule has 170 valence electrons. The molecule has 2 aromatic rings. The van der Waals surface area contributed by atoms with E-state index in [4.69, 9.17) is 0 Å². The molecule has 5 heteroatoms. The summed E-state index contributed by atoms with van der Waals surface area (Å²) in [5.74, 6) is 0.342. The van der Waals surface area contributed by atoms with E-state index < -0.39 is 0 Å². The molecule has 2 amide bonds. The zero-order valence-electron chi connectivity index (χ0n) is 19.1. The lowest BCUT2D eigenvalue weighted by molar-refractivity contribution is -0.137. The third kappa shape index (κ3) is 5.39. The summed E-state index contributed by atoms with van der Waals surface area (Å²) in [4.78, 5) is 30.5. The molecule has 0 aliphatic carbocycles. The normalized spacial score (nSPS) is 20.3. The van der Waals surface area contributed by atoms with Crippen LogP contribution in [0.25, 0.3) is 11.1 Å². The number of nitrogens with zero attached hydrogens (tertiary/aromatic N) is 2. The number of carbonyl (C=O) groups excluding carboxylic acids is 2. The van der Waals surface area contributed by atoms with Gasteiger partial charge in [-0.3, -0.25) is 9.59 Å². The first kappa shape index (κ1) is 22.5. The first-order valence-electron chi connectivity index (χ1n) is 12.1. The van der Waals surface area contributed by atoms with Gasteiger partial charge in [-0.2, -0.15) is 0 Å². The van der Waals surface area contributed by atoms with Crippen LogP contribution in [0.15, 0.2) is 54.6 Å². The second kappa shape index (κ2) is 10.8. The van der Waals surface area contributed by atoms with Crippen LogP contribution in [0.1, 0.15) is 31.7 Å². The van der Waals surface area contributed by atoms with Crippen molar-refractivity contribution in [3.8, 4) is 11.1 Å². The van der Waals surface area contributed by atoms with Crippen molar-refractivity contribution in [3.05, 3.63) is 60.2 Å². The van der Waals surface area contributed by atoms with Crippen LogP contribution in [0.4, 0.5) is 0 Å². The molecule has 1 N–H and O–H groups in total. The van der Waals surface area contributed by atoms with Crippen molar-refractivity contribution < 1.29 is 9.59 Å². The van der Waals surface area contributed by atoms with Crippen LogP contribution < -0.4 is 5.32 Å². The van der Waals surface area contributed by atoms with Gasteiger partial charge in [0.1, 0.15) is 0 Å². The summed E-state index contributed by atoms with van der Waals surface area (Å²) in [7, 11) is 0. The van der Waals surface area contributed by atoms with Gasteiger partial charge < -0.3 is 15.1 Å². The van der Waals surface area contributed by atoms with Crippen molar-refractivity contribution in [1.82, 2.24) is 15.1 Å². The van der Waals surface area contributed by atoms with Gasteiger partial charge in [-0.15, -0.1) is 0 Å². The fraction of sp³-hybridized carbons (Fsp3) is 0.481. The van der Waals surface area contributed by atoms with E-state index in [1.54, 1.807) is 0 Å². The van der Waals surface area contributed by atoms with Gasteiger partial charge in [0.05, 0.1) is 5.92 Å². The average Bonchev–Trinajstić information content (AvgIpc) is 3.00. The Labute approximate surface area is 191 Å². The van der Waals surface area contributed by atoms with Crippen molar-refractivity contribution in [2.45, 2.75) is 32.6 Å². The van der Waals surface area contributed by atoms with E-state index in [9.17, 15) is 9.59 Å². The molecule has 2 saturated heterocycles. The number of piperidine rings is 1. The SMILES string of the molecule is CCCN1CCN(C(=O)C2CCNCC2)CC(Cc2ccc(-c3ccccc3)cc2)C1=O. The molecule has 2 aromatic carbocycles. The minimum Gasteiger partial charge on any atom is -0.341 e. The lowest BCUT2D eigenvalue weighted by Crippen LogP contribution is -2.43. The Morgan fingerprint density at radius 1 is 0.969 bits per heavy atom. The number of benzene rings is 2. The number of nitrogens with one attached hydrogen (secondary N) is 1. The summed E-state index contributed by atoms with van der Waals surface area (Å²) >= 11 is 0. The zero-order valence-corrected chi connectivity index (χ0v) is 19.1. The Bertz CT molecular complexity index is 891. The fourth-order valence-corrected chi connectivity index (χ4v) is 4.96. The van der Waals surface area contributed by atoms with Crippen molar-refractivity contribution in [3.63, 3.8) is 0 Å². The molecule has 0 bridgehead atoms. The minimum absolute atomic E-state index is 0.0925. The molecule has 2 heterocycles. The van der Waals surface area contributed by atoms with Gasteiger partial charge in [-0.05, 0) is 55.5 Å². The van der Waals surface area contributed by atoms with E-state index in [0.29, 0.717) is 26.1 Å². The third-order valence-electron chi connectivity index (χ3n) is 6.78. The molecule has 32 heavy (non-hydrogen) atoms. The summed E-state index contributed by atoms with van der Waals surface area (Å²) in [6.45, 7) is 6.50. The van der Waals surface area contributed by atoms with Gasteiger partial charge in [0.15, 0.2) is 0 Å². The number of amides is 2. The van der Waals surface area contributed by atoms with Gasteiger partial charge in [0.2, 0.25) is 11.8 Å². The first-order valence-corrected chi connectivity index (χ1v) is 12.1. The average molecular weight is 434 g/mol. The number of rotatable bonds is 6. The summed E-state index contributed by atoms with van der Waals surface area (Å²) in [6, 6.07) is 18.9. The van der Waals surface area contributed by atoms with Crippen molar-refractivity contribution >= 4 is 11.8 Å². The maximum atomic E-state index is 13.4. The van der Waals surface area contributed by atoms with Crippen molar-refractivity contribution in [2.24, 2.45) is 11.8 Å². The van der Waals surface area contributed by atoms with Gasteiger partial charge in [-0.25, -0.2) is 0 Å². The van der Waals surface area contributed by atoms with Crippen LogP contribution >= 0.6 is 0 Å². The molecule has 1 atom stereocenters. The van der Waals surface area contributed by atoms with Gasteiger partial charge >= 0.3 is 0 Å². The Hall–Kier alpha value is -2.66. The van der Waals surface area contributed by atoms with Gasteiger partial charge in [-0.1, -0.05) is 61.5 Å². The van der Waals surface area contributed by atoms with Crippen molar-refractivity contribution in [2.75, 3.05) is 39.3 Å². The molecule has 0 saturated carbocycles. The minimum atomic E-state index is -0.183. The van der Waals surface area contributed by atoms with Gasteiger partial charge in [0.25, 0.3) is 0 Å². The van der Waals surface area contributed by atoms with E-state index in [1.807, 2.05) is 28.0 Å². The lowest BCUT2D eigenvalue weighted by Gasteiger charge is -2.30. The Kier molecular flexibility index (Phi) is 7.59. The second-order valence-corrected chi connectivity index (χ2v) is 9.10. The molecule has 2 fully saturated rings. The molecule has 2 aliphatic rings. The number of hydrogen-bond donors (Lipinski definition) is 1. The molecule has 0 spiro atoms. The van der Waals surface area contributed by atoms with Crippen LogP contribution in [0.3, 0.4) is 0 Å². The topological polar surface area (TPSA) is 52.6 Å². The molecule has 0 radical (unpaired) electrons. The Morgan fingerprint density at radius 3 is 2.34 bits per heavy atom. The molecular formula is C27H35N3O2. The predicted octanol–water partition coefficient (Wildman–Crippen LogP) is 3.59. The molecular weight excluding hydrogens is 398 g/mol. The first-order chi connectivity index (χ1) is 15.7. The van der Waals surface area contributed by atoms with E-state index in [-0.39, 0.29) is 23.7 Å². The van der Waals surface area contributed by atoms with Crippen LogP contribution in [0.5, 0.6) is 0 Å². The molecule has 1 unspecified atom stereocenters. The van der Waals surface area contributed by atoms with Crippen molar-refractivity contribution in [1.29, 1.82) is 0 Å². The molecule has 0 aromatic heterocycles. The predicted molar refractivity (Wildman–Crippen MR) is 128 cm³/mol. The Balaban J connectivity index is 1.49. The van der Waals surface area contributed by atoms with Crippen LogP contribution in [-0.2, 0) is 16.0 Å². The highest BCUT2D eigenvalue weighted by molar-refractivity contribution is 5.83. The fourth-order valence-electron chi connectivity index (χ4n) is 4.96. The van der Waals surface area contributed by atoms with E-state index in [0.717, 1.165) is 44.5 Å². The highest BCUT2D eigenvalue weighted by atomic mass is 16.2. The van der Waals surface area contributed by atoms with E-state index in [1.165, 1.54) is 11.1 Å². The highest BCUT2D eigenvalue weighted by Gasteiger charge is 2.34. The summed E-state index contributed by atoms with van der Waals surface area (Å²) < 4.78 is 0. The third-order valence-corrected chi connectivity index (χ3v) is 6.78. The van der Waals surface area contributed by atoms with E-state index >= 15 is 0 Å². The number of carbonyl (C=O) groups is 2.